The minimum absolute atomic E-state index is 0.0510. The third-order valence-electron chi connectivity index (χ3n) is 11.5. The molecule has 346 valence electrons. The Hall–Kier alpha value is -11.2. The molecule has 0 spiro atoms. The Bertz CT molecular complexity index is 3470. The Morgan fingerprint density at radius 2 is 0.514 bits per heavy atom. The SMILES string of the molecule is C#Cc1ccc(C(=O)O)c(C(=O)Nc2cc(NC(=O)c3cc(C#C)ccc3C(=O)O)c3ccc4c(NC(=O)c5cc(C#C)ccc5C(=O)O)cc(NC(=O)c5cc(C#C)ccc5C(=O)O)c5ccc2c3c54)c1. The molecule has 8 aromatic carbocycles. The van der Waals surface area contributed by atoms with Gasteiger partial charge in [-0.1, -0.05) is 47.9 Å². The van der Waals surface area contributed by atoms with E-state index < -0.39 is 69.8 Å². The number of amides is 4. The van der Waals surface area contributed by atoms with Crippen molar-refractivity contribution in [3.63, 3.8) is 0 Å². The van der Waals surface area contributed by atoms with Crippen molar-refractivity contribution in [2.24, 2.45) is 0 Å². The molecule has 8 aromatic rings. The Morgan fingerprint density at radius 3 is 0.694 bits per heavy atom. The van der Waals surface area contributed by atoms with Crippen molar-refractivity contribution in [1.29, 1.82) is 0 Å². The van der Waals surface area contributed by atoms with E-state index in [1.54, 1.807) is 0 Å². The molecule has 16 heteroatoms. The number of hydrogen-bond donors (Lipinski definition) is 8. The third-order valence-corrected chi connectivity index (χ3v) is 11.5. The molecule has 0 unspecified atom stereocenters. The summed E-state index contributed by atoms with van der Waals surface area (Å²) in [5.74, 6) is -0.221. The first-order chi connectivity index (χ1) is 34.5. The summed E-state index contributed by atoms with van der Waals surface area (Å²) in [6, 6.07) is 23.5. The van der Waals surface area contributed by atoms with Gasteiger partial charge in [-0.05, 0) is 84.9 Å². The van der Waals surface area contributed by atoms with Crippen LogP contribution in [0, 0.1) is 49.4 Å². The van der Waals surface area contributed by atoms with Crippen LogP contribution in [0.25, 0.3) is 32.3 Å². The van der Waals surface area contributed by atoms with Crippen molar-refractivity contribution in [2.75, 3.05) is 21.3 Å². The van der Waals surface area contributed by atoms with E-state index >= 15 is 0 Å². The van der Waals surface area contributed by atoms with Crippen LogP contribution in [0.4, 0.5) is 22.7 Å². The summed E-state index contributed by atoms with van der Waals surface area (Å²) in [7, 11) is 0. The van der Waals surface area contributed by atoms with Gasteiger partial charge in [-0.2, -0.15) is 0 Å². The second-order valence-electron chi connectivity index (χ2n) is 15.7. The Morgan fingerprint density at radius 1 is 0.306 bits per heavy atom. The van der Waals surface area contributed by atoms with Gasteiger partial charge in [-0.25, -0.2) is 19.2 Å². The van der Waals surface area contributed by atoms with Crippen molar-refractivity contribution >= 4 is 103 Å². The van der Waals surface area contributed by atoms with Crippen LogP contribution in [0.5, 0.6) is 0 Å². The molecule has 8 N–H and O–H groups in total. The van der Waals surface area contributed by atoms with Gasteiger partial charge in [0, 0.05) is 54.6 Å². The van der Waals surface area contributed by atoms with E-state index in [1.165, 1.54) is 84.9 Å². The molecule has 8 rings (SSSR count). The normalized spacial score (nSPS) is 10.6. The van der Waals surface area contributed by atoms with Crippen LogP contribution in [0.3, 0.4) is 0 Å². The number of carboxylic acids is 4. The number of rotatable bonds is 12. The van der Waals surface area contributed by atoms with Crippen LogP contribution in [-0.2, 0) is 0 Å². The zero-order valence-corrected chi connectivity index (χ0v) is 36.8. The molecule has 72 heavy (non-hydrogen) atoms. The number of carboxylic acid groups (broad SMARTS) is 4. The molecule has 0 aromatic heterocycles. The summed E-state index contributed by atoms with van der Waals surface area (Å²) in [4.78, 5) is 106. The van der Waals surface area contributed by atoms with Gasteiger partial charge in [0.1, 0.15) is 0 Å². The minimum Gasteiger partial charge on any atom is -0.478 e. The molecule has 0 fully saturated rings. The number of aromatic carboxylic acids is 4. The fraction of sp³-hybridized carbons (Fsp3) is 0. The molecule has 0 heterocycles. The Kier molecular flexibility index (Phi) is 12.4. The lowest BCUT2D eigenvalue weighted by Crippen LogP contribution is -2.19. The predicted molar refractivity (Wildman–Crippen MR) is 267 cm³/mol. The van der Waals surface area contributed by atoms with Gasteiger partial charge in [0.15, 0.2) is 0 Å². The van der Waals surface area contributed by atoms with Gasteiger partial charge in [0.05, 0.1) is 67.3 Å². The number of carbonyl (C=O) groups is 8. The van der Waals surface area contributed by atoms with Crippen LogP contribution in [-0.4, -0.2) is 67.9 Å². The molecule has 0 atom stereocenters. The second kappa shape index (κ2) is 18.8. The minimum atomic E-state index is -1.46. The molecule has 0 saturated carbocycles. The number of anilines is 4. The molecule has 0 aliphatic heterocycles. The number of terminal acetylenes is 4. The average molecular weight is 951 g/mol. The first kappa shape index (κ1) is 47.3. The van der Waals surface area contributed by atoms with E-state index in [0.29, 0.717) is 0 Å². The quantitative estimate of drug-likeness (QED) is 0.0425. The van der Waals surface area contributed by atoms with Crippen molar-refractivity contribution in [1.82, 2.24) is 0 Å². The lowest BCUT2D eigenvalue weighted by atomic mass is 9.90. The smallest absolute Gasteiger partial charge is 0.336 e. The highest BCUT2D eigenvalue weighted by Crippen LogP contribution is 2.46. The maximum atomic E-state index is 14.3. The standard InChI is InChI=1S/C56H30N4O12/c1-5-27-9-13-31(53(65)66)39(21-27)49(61)57-43-25-44(58-50(62)40-22-28(6-2)10-14-32(40)54(67)68)36-19-20-38-46(60-52(64)42-24-30(8-4)12-16-34(42)56(71)72)26-45(37-18-17-35(43)47(36)48(37)38)59-51(63)41-23-29(7-3)11-15-33(41)55(69)70/h1-4,9-26H,(H,57,61)(H,58,62)(H,59,63)(H,60,64)(H,65,66)(H,67,68)(H,69,70)(H,71,72). The van der Waals surface area contributed by atoms with Crippen LogP contribution in [0.15, 0.2) is 109 Å². The summed E-state index contributed by atoms with van der Waals surface area (Å²) in [5, 5.41) is 52.4. The second-order valence-corrected chi connectivity index (χ2v) is 15.7. The number of benzene rings is 8. The third kappa shape index (κ3) is 8.64. The largest absolute Gasteiger partial charge is 0.478 e. The average Bonchev–Trinajstić information content (AvgIpc) is 3.37. The summed E-state index contributed by atoms with van der Waals surface area (Å²) < 4.78 is 0. The molecule has 0 saturated heterocycles. The molecule has 0 aliphatic carbocycles. The highest BCUT2D eigenvalue weighted by Gasteiger charge is 2.27. The van der Waals surface area contributed by atoms with Gasteiger partial charge in [-0.3, -0.25) is 19.2 Å². The van der Waals surface area contributed by atoms with Crippen LogP contribution >= 0.6 is 0 Å². The van der Waals surface area contributed by atoms with Crippen molar-refractivity contribution in [2.45, 2.75) is 0 Å². The highest BCUT2D eigenvalue weighted by atomic mass is 16.4. The van der Waals surface area contributed by atoms with Crippen LogP contribution < -0.4 is 21.3 Å². The maximum absolute atomic E-state index is 14.3. The molecular formula is C56H30N4O12. The summed E-state index contributed by atoms with van der Waals surface area (Å²) in [5.41, 5.74) is -2.54. The lowest BCUT2D eigenvalue weighted by molar-refractivity contribution is 0.0683. The Labute approximate surface area is 406 Å². The topological polar surface area (TPSA) is 266 Å². The van der Waals surface area contributed by atoms with Gasteiger partial charge in [0.2, 0.25) is 0 Å². The monoisotopic (exact) mass is 950 g/mol. The number of carbonyl (C=O) groups excluding carboxylic acids is 4. The van der Waals surface area contributed by atoms with Gasteiger partial charge in [0.25, 0.3) is 23.6 Å². The van der Waals surface area contributed by atoms with Gasteiger partial charge < -0.3 is 41.7 Å². The van der Waals surface area contributed by atoms with Gasteiger partial charge >= 0.3 is 23.9 Å². The van der Waals surface area contributed by atoms with E-state index in [4.69, 9.17) is 25.7 Å². The number of nitrogens with one attached hydrogen (secondary N) is 4. The van der Waals surface area contributed by atoms with E-state index in [9.17, 15) is 58.8 Å². The van der Waals surface area contributed by atoms with Crippen molar-refractivity contribution in [3.05, 3.63) is 176 Å². The fourth-order valence-electron chi connectivity index (χ4n) is 8.20. The van der Waals surface area contributed by atoms with E-state index in [1.807, 2.05) is 0 Å². The first-order valence-corrected chi connectivity index (χ1v) is 20.9. The summed E-state index contributed by atoms with van der Waals surface area (Å²) in [6.07, 6.45) is 22.4. The molecule has 16 nitrogen and oxygen atoms in total. The van der Waals surface area contributed by atoms with Crippen molar-refractivity contribution in [3.8, 4) is 49.4 Å². The number of hydrogen-bond acceptors (Lipinski definition) is 8. The zero-order chi connectivity index (χ0) is 51.7. The maximum Gasteiger partial charge on any atom is 0.336 e. The lowest BCUT2D eigenvalue weighted by Gasteiger charge is -2.22. The fourth-order valence-corrected chi connectivity index (χ4v) is 8.20. The summed E-state index contributed by atoms with van der Waals surface area (Å²) >= 11 is 0. The molecule has 0 radical (unpaired) electrons. The molecule has 0 bridgehead atoms. The Balaban J connectivity index is 1.42. The first-order valence-electron chi connectivity index (χ1n) is 20.9. The molecular weight excluding hydrogens is 921 g/mol. The molecule has 4 amide bonds. The van der Waals surface area contributed by atoms with Crippen molar-refractivity contribution < 1.29 is 58.8 Å². The highest BCUT2D eigenvalue weighted by molar-refractivity contribution is 6.34. The zero-order valence-electron chi connectivity index (χ0n) is 36.8. The van der Waals surface area contributed by atoms with E-state index in [2.05, 4.69) is 44.9 Å². The van der Waals surface area contributed by atoms with E-state index in [-0.39, 0.29) is 99.6 Å². The predicted octanol–water partition coefficient (Wildman–Crippen LogP) is 8.31. The van der Waals surface area contributed by atoms with E-state index in [0.717, 1.165) is 24.3 Å². The van der Waals surface area contributed by atoms with Gasteiger partial charge in [-0.15, -0.1) is 25.7 Å². The summed E-state index contributed by atoms with van der Waals surface area (Å²) in [6.45, 7) is 0. The van der Waals surface area contributed by atoms with Crippen LogP contribution in [0.1, 0.15) is 105 Å². The van der Waals surface area contributed by atoms with Crippen LogP contribution in [0.2, 0.25) is 0 Å². The molecule has 0 aliphatic rings.